The van der Waals surface area contributed by atoms with E-state index >= 15 is 0 Å². The number of thioether (sulfide) groups is 1. The number of fused-ring (bicyclic) bond motifs is 2. The number of hydrogen-bond donors (Lipinski definition) is 1. The fourth-order valence-corrected chi connectivity index (χ4v) is 5.68. The zero-order chi connectivity index (χ0) is 22.9. The average Bonchev–Trinajstić information content (AvgIpc) is 3.27. The van der Waals surface area contributed by atoms with Gasteiger partial charge in [0.25, 0.3) is 11.8 Å². The van der Waals surface area contributed by atoms with E-state index in [1.807, 2.05) is 12.1 Å². The number of ether oxygens (including phenoxy) is 1. The van der Waals surface area contributed by atoms with Gasteiger partial charge in [0.2, 0.25) is 5.91 Å². The third-order valence-electron chi connectivity index (χ3n) is 5.31. The zero-order valence-electron chi connectivity index (χ0n) is 18.0. The normalized spacial score (nSPS) is 13.7. The van der Waals surface area contributed by atoms with Crippen LogP contribution in [0.5, 0.6) is 0 Å². The summed E-state index contributed by atoms with van der Waals surface area (Å²) in [5, 5.41) is 2.78. The number of nitrogens with one attached hydrogen (secondary N) is 1. The predicted octanol–water partition coefficient (Wildman–Crippen LogP) is 4.44. The first-order valence-electron chi connectivity index (χ1n) is 10.1. The molecule has 2 heterocycles. The molecule has 3 aromatic rings. The lowest BCUT2D eigenvalue weighted by Crippen LogP contribution is -2.37. The van der Waals surface area contributed by atoms with Gasteiger partial charge in [-0.25, -0.2) is 4.98 Å². The van der Waals surface area contributed by atoms with Gasteiger partial charge < -0.3 is 10.1 Å². The second-order valence-corrected chi connectivity index (χ2v) is 10.4. The van der Waals surface area contributed by atoms with E-state index in [9.17, 15) is 14.4 Å². The maximum Gasteiger partial charge on any atom is 0.262 e. The summed E-state index contributed by atoms with van der Waals surface area (Å²) in [6.45, 7) is 3.79. The fourth-order valence-electron chi connectivity index (χ4n) is 3.26. The number of thiazole rings is 1. The van der Waals surface area contributed by atoms with Crippen molar-refractivity contribution in [2.24, 2.45) is 0 Å². The topological polar surface area (TPSA) is 88.6 Å². The molecule has 1 N–H and O–H groups in total. The molecule has 32 heavy (non-hydrogen) atoms. The molecule has 2 aromatic carbocycles. The number of nitrogens with zero attached hydrogens (tertiary/aromatic N) is 2. The molecule has 1 aliphatic heterocycles. The number of hydrogen-bond acceptors (Lipinski definition) is 7. The van der Waals surface area contributed by atoms with E-state index < -0.39 is 17.7 Å². The Hall–Kier alpha value is -2.75. The Morgan fingerprint density at radius 2 is 1.84 bits per heavy atom. The van der Waals surface area contributed by atoms with Crippen molar-refractivity contribution < 1.29 is 19.1 Å². The van der Waals surface area contributed by atoms with Gasteiger partial charge in [0.05, 0.1) is 26.9 Å². The van der Waals surface area contributed by atoms with Crippen molar-refractivity contribution in [3.8, 4) is 0 Å². The molecule has 7 nitrogen and oxygen atoms in total. The summed E-state index contributed by atoms with van der Waals surface area (Å²) in [5.74, 6) is -0.432. The third kappa shape index (κ3) is 4.69. The largest absolute Gasteiger partial charge is 0.379 e. The van der Waals surface area contributed by atoms with Crippen LogP contribution in [-0.4, -0.2) is 52.6 Å². The Labute approximate surface area is 194 Å². The first-order valence-corrected chi connectivity index (χ1v) is 11.9. The number of aromatic nitrogens is 1. The minimum absolute atomic E-state index is 0.166. The molecule has 0 radical (unpaired) electrons. The average molecular weight is 470 g/mol. The van der Waals surface area contributed by atoms with Gasteiger partial charge in [0.15, 0.2) is 4.34 Å². The van der Waals surface area contributed by atoms with Crippen molar-refractivity contribution in [1.29, 1.82) is 0 Å². The summed E-state index contributed by atoms with van der Waals surface area (Å²) in [5.41, 5.74) is 1.95. The molecular weight excluding hydrogens is 446 g/mol. The highest BCUT2D eigenvalue weighted by atomic mass is 32.2. The van der Waals surface area contributed by atoms with Gasteiger partial charge in [-0.3, -0.25) is 19.3 Å². The van der Waals surface area contributed by atoms with Crippen molar-refractivity contribution in [3.05, 3.63) is 53.6 Å². The quantitative estimate of drug-likeness (QED) is 0.388. The number of rotatable bonds is 8. The summed E-state index contributed by atoms with van der Waals surface area (Å²) < 4.78 is 7.37. The number of carbonyl (C=O) groups excluding carboxylic acids is 3. The number of anilines is 1. The van der Waals surface area contributed by atoms with Crippen LogP contribution in [0.1, 0.15) is 41.0 Å². The first-order chi connectivity index (χ1) is 15.3. The molecular formula is C23H23N3O4S2. The van der Waals surface area contributed by atoms with Gasteiger partial charge in [0.1, 0.15) is 6.54 Å². The number of carbonyl (C=O) groups is 3. The molecule has 0 bridgehead atoms. The van der Waals surface area contributed by atoms with Gasteiger partial charge in [-0.1, -0.05) is 23.9 Å². The number of imide groups is 1. The van der Waals surface area contributed by atoms with Crippen LogP contribution in [0.25, 0.3) is 10.2 Å². The van der Waals surface area contributed by atoms with Crippen molar-refractivity contribution >= 4 is 56.7 Å². The Kier molecular flexibility index (Phi) is 6.32. The molecule has 0 spiro atoms. The standard InChI is InChI=1S/C23H23N3O4S2/c1-23(2,30-3)10-11-31-22-25-17-9-8-14(12-18(17)32-22)24-19(27)13-26-20(28)15-6-4-5-7-16(15)21(26)29/h4-9,12H,10-11,13H2,1-3H3,(H,24,27). The van der Waals surface area contributed by atoms with Crippen LogP contribution in [-0.2, 0) is 9.53 Å². The van der Waals surface area contributed by atoms with Crippen molar-refractivity contribution in [2.45, 2.75) is 30.2 Å². The molecule has 4 rings (SSSR count). The van der Waals surface area contributed by atoms with Crippen molar-refractivity contribution in [2.75, 3.05) is 24.7 Å². The molecule has 0 atom stereocenters. The van der Waals surface area contributed by atoms with E-state index in [4.69, 9.17) is 4.74 Å². The van der Waals surface area contributed by atoms with Gasteiger partial charge in [0, 0.05) is 18.6 Å². The van der Waals surface area contributed by atoms with E-state index in [2.05, 4.69) is 24.1 Å². The van der Waals surface area contributed by atoms with Crippen LogP contribution >= 0.6 is 23.1 Å². The van der Waals surface area contributed by atoms with E-state index in [0.717, 1.165) is 31.6 Å². The number of benzene rings is 2. The Bertz CT molecular complexity index is 1170. The number of amides is 3. The second-order valence-electron chi connectivity index (χ2n) is 8.01. The van der Waals surface area contributed by atoms with Crippen molar-refractivity contribution in [3.63, 3.8) is 0 Å². The predicted molar refractivity (Wildman–Crippen MR) is 126 cm³/mol. The maximum absolute atomic E-state index is 12.5. The fraction of sp³-hybridized carbons (Fsp3) is 0.304. The summed E-state index contributed by atoms with van der Waals surface area (Å²) in [7, 11) is 1.71. The van der Waals surface area contributed by atoms with Gasteiger partial charge in [-0.2, -0.15) is 0 Å². The van der Waals surface area contributed by atoms with E-state index in [-0.39, 0.29) is 12.1 Å². The van der Waals surface area contributed by atoms with Crippen LogP contribution in [0.3, 0.4) is 0 Å². The summed E-state index contributed by atoms with van der Waals surface area (Å²) in [4.78, 5) is 43.0. The lowest BCUT2D eigenvalue weighted by molar-refractivity contribution is -0.116. The smallest absolute Gasteiger partial charge is 0.262 e. The molecule has 0 aliphatic carbocycles. The monoisotopic (exact) mass is 469 g/mol. The SMILES string of the molecule is COC(C)(C)CCSc1nc2ccc(NC(=O)CN3C(=O)c4ccccc4C3=O)cc2s1. The zero-order valence-corrected chi connectivity index (χ0v) is 19.6. The highest BCUT2D eigenvalue weighted by Crippen LogP contribution is 2.32. The summed E-state index contributed by atoms with van der Waals surface area (Å²) in [6.07, 6.45) is 0.906. The molecule has 3 amide bonds. The second kappa shape index (κ2) is 9.01. The van der Waals surface area contributed by atoms with E-state index in [0.29, 0.717) is 16.8 Å². The summed E-state index contributed by atoms with van der Waals surface area (Å²) >= 11 is 3.25. The highest BCUT2D eigenvalue weighted by Gasteiger charge is 2.36. The van der Waals surface area contributed by atoms with Gasteiger partial charge in [-0.05, 0) is 50.6 Å². The molecule has 0 saturated heterocycles. The van der Waals surface area contributed by atoms with Gasteiger partial charge >= 0.3 is 0 Å². The van der Waals surface area contributed by atoms with Crippen molar-refractivity contribution in [1.82, 2.24) is 9.88 Å². The molecule has 0 unspecified atom stereocenters. The van der Waals surface area contributed by atoms with Crippen LogP contribution in [0.2, 0.25) is 0 Å². The molecule has 0 saturated carbocycles. The lowest BCUT2D eigenvalue weighted by Gasteiger charge is -2.21. The Morgan fingerprint density at radius 1 is 1.16 bits per heavy atom. The Morgan fingerprint density at radius 3 is 2.50 bits per heavy atom. The first kappa shape index (κ1) is 22.4. The van der Waals surface area contributed by atoms with E-state index in [1.165, 1.54) is 0 Å². The van der Waals surface area contributed by atoms with Crippen LogP contribution in [0.15, 0.2) is 46.8 Å². The number of methoxy groups -OCH3 is 1. The third-order valence-corrected chi connectivity index (χ3v) is 7.48. The molecule has 1 aliphatic rings. The minimum atomic E-state index is -0.447. The van der Waals surface area contributed by atoms with Gasteiger partial charge in [-0.15, -0.1) is 11.3 Å². The molecule has 9 heteroatoms. The highest BCUT2D eigenvalue weighted by molar-refractivity contribution is 8.01. The molecule has 166 valence electrons. The van der Waals surface area contributed by atoms with Crippen LogP contribution < -0.4 is 5.32 Å². The molecule has 0 fully saturated rings. The van der Waals surface area contributed by atoms with Crippen LogP contribution in [0, 0.1) is 0 Å². The van der Waals surface area contributed by atoms with E-state index in [1.54, 1.807) is 60.5 Å². The lowest BCUT2D eigenvalue weighted by atomic mass is 10.1. The maximum atomic E-state index is 12.5. The Balaban J connectivity index is 1.38. The minimum Gasteiger partial charge on any atom is -0.379 e. The summed E-state index contributed by atoms with van der Waals surface area (Å²) in [6, 6.07) is 12.1. The van der Waals surface area contributed by atoms with Crippen LogP contribution in [0.4, 0.5) is 5.69 Å². The molecule has 1 aromatic heterocycles.